The highest BCUT2D eigenvalue weighted by molar-refractivity contribution is 6.24. The molecule has 306 valence electrons. The zero-order chi connectivity index (χ0) is 43.2. The van der Waals surface area contributed by atoms with E-state index in [-0.39, 0.29) is 5.41 Å². The number of hydrogen-bond donors (Lipinski definition) is 0. The van der Waals surface area contributed by atoms with Crippen LogP contribution < -0.4 is 0 Å². The van der Waals surface area contributed by atoms with Crippen LogP contribution in [0.15, 0.2) is 212 Å². The highest BCUT2D eigenvalue weighted by Gasteiger charge is 2.37. The molecule has 0 aliphatic heterocycles. The van der Waals surface area contributed by atoms with Crippen molar-refractivity contribution in [2.75, 3.05) is 0 Å². The Labute approximate surface area is 376 Å². The van der Waals surface area contributed by atoms with E-state index in [4.69, 9.17) is 15.0 Å². The largest absolute Gasteiger partial charge is 0.307 e. The highest BCUT2D eigenvalue weighted by Crippen LogP contribution is 2.52. The van der Waals surface area contributed by atoms with Crippen LogP contribution in [-0.4, -0.2) is 24.1 Å². The molecule has 3 aromatic heterocycles. The number of para-hydroxylation sites is 2. The molecule has 0 atom stereocenters. The summed E-state index contributed by atoms with van der Waals surface area (Å²) in [5.74, 6) is 1.82. The van der Waals surface area contributed by atoms with Gasteiger partial charge in [-0.2, -0.15) is 9.97 Å². The third kappa shape index (κ3) is 5.55. The minimum Gasteiger partial charge on any atom is -0.307 e. The smallest absolute Gasteiger partial charge is 0.238 e. The van der Waals surface area contributed by atoms with Gasteiger partial charge in [0.15, 0.2) is 11.6 Å². The highest BCUT2D eigenvalue weighted by atomic mass is 15.2. The molecule has 0 N–H and O–H groups in total. The molecular formula is C60H41N5. The molecule has 0 amide bonds. The second kappa shape index (κ2) is 14.3. The molecule has 0 radical (unpaired) electrons. The molecule has 0 saturated heterocycles. The van der Waals surface area contributed by atoms with Crippen molar-refractivity contribution in [2.45, 2.75) is 19.3 Å². The Morgan fingerprint density at radius 1 is 0.338 bits per heavy atom. The van der Waals surface area contributed by atoms with Crippen LogP contribution in [0, 0.1) is 0 Å². The molecule has 0 bridgehead atoms. The van der Waals surface area contributed by atoms with Crippen molar-refractivity contribution in [3.63, 3.8) is 0 Å². The molecule has 1 aliphatic rings. The molecular weight excluding hydrogens is 791 g/mol. The van der Waals surface area contributed by atoms with Crippen LogP contribution in [0.5, 0.6) is 0 Å². The lowest BCUT2D eigenvalue weighted by molar-refractivity contribution is 0.660. The summed E-state index contributed by atoms with van der Waals surface area (Å²) in [6, 6.07) is 76.0. The standard InChI is InChI=1S/C60H41N5/c1-60(2)48-31-15-12-28-46(48)54-47(30-18-32-49(54)60)58-61-57(40-24-10-5-11-25-40)62-59(63-58)65-51-34-17-14-27-43(51)45-37-36-44-42-26-13-16-33-50(42)64(55(44)56(45)65)52-35-19-29-41(38-20-6-3-7-21-38)53(52)39-22-8-4-9-23-39/h3-37H,1-2H3. The first-order chi connectivity index (χ1) is 32.0. The Morgan fingerprint density at radius 2 is 0.846 bits per heavy atom. The van der Waals surface area contributed by atoms with Gasteiger partial charge >= 0.3 is 0 Å². The summed E-state index contributed by atoms with van der Waals surface area (Å²) in [6.45, 7) is 4.63. The van der Waals surface area contributed by atoms with Crippen molar-refractivity contribution in [2.24, 2.45) is 0 Å². The van der Waals surface area contributed by atoms with Crippen LogP contribution >= 0.6 is 0 Å². The van der Waals surface area contributed by atoms with Gasteiger partial charge in [0.1, 0.15) is 0 Å². The van der Waals surface area contributed by atoms with Crippen LogP contribution in [0.2, 0.25) is 0 Å². The number of fused-ring (bicyclic) bond motifs is 10. The Morgan fingerprint density at radius 3 is 1.55 bits per heavy atom. The summed E-state index contributed by atoms with van der Waals surface area (Å²) in [4.78, 5) is 16.4. The van der Waals surface area contributed by atoms with Gasteiger partial charge in [-0.15, -0.1) is 0 Å². The lowest BCUT2D eigenvalue weighted by Crippen LogP contribution is -2.14. The van der Waals surface area contributed by atoms with Gasteiger partial charge in [0, 0.05) is 43.7 Å². The number of nitrogens with zero attached hydrogens (tertiary/aromatic N) is 5. The average Bonchev–Trinajstić information content (AvgIpc) is 3.97. The summed E-state index contributed by atoms with van der Waals surface area (Å²) in [5.41, 5.74) is 16.7. The van der Waals surface area contributed by atoms with Gasteiger partial charge in [0.05, 0.1) is 27.8 Å². The van der Waals surface area contributed by atoms with Gasteiger partial charge < -0.3 is 4.57 Å². The minimum atomic E-state index is -0.178. The van der Waals surface area contributed by atoms with Crippen molar-refractivity contribution in [3.8, 4) is 67.8 Å². The maximum Gasteiger partial charge on any atom is 0.238 e. The second-order valence-corrected chi connectivity index (χ2v) is 17.5. The summed E-state index contributed by atoms with van der Waals surface area (Å²) in [5, 5.41) is 4.57. The van der Waals surface area contributed by atoms with E-state index in [0.717, 1.165) is 71.7 Å². The summed E-state index contributed by atoms with van der Waals surface area (Å²) < 4.78 is 4.78. The fraction of sp³-hybridized carbons (Fsp3) is 0.0500. The van der Waals surface area contributed by atoms with E-state index < -0.39 is 0 Å². The predicted molar refractivity (Wildman–Crippen MR) is 268 cm³/mol. The zero-order valence-electron chi connectivity index (χ0n) is 35.9. The molecule has 9 aromatic carbocycles. The fourth-order valence-electron chi connectivity index (χ4n) is 10.7. The third-order valence-corrected chi connectivity index (χ3v) is 13.6. The number of rotatable bonds is 6. The van der Waals surface area contributed by atoms with Crippen molar-refractivity contribution in [1.82, 2.24) is 24.1 Å². The first kappa shape index (κ1) is 37.2. The fourth-order valence-corrected chi connectivity index (χ4v) is 10.7. The summed E-state index contributed by atoms with van der Waals surface area (Å²) in [7, 11) is 0. The molecule has 13 rings (SSSR count). The maximum absolute atomic E-state index is 5.58. The predicted octanol–water partition coefficient (Wildman–Crippen LogP) is 15.0. The first-order valence-corrected chi connectivity index (χ1v) is 22.3. The van der Waals surface area contributed by atoms with Gasteiger partial charge in [0.2, 0.25) is 5.95 Å². The quantitative estimate of drug-likeness (QED) is 0.168. The van der Waals surface area contributed by atoms with Gasteiger partial charge in [-0.1, -0.05) is 208 Å². The maximum atomic E-state index is 5.58. The lowest BCUT2D eigenvalue weighted by atomic mass is 9.82. The Hall–Kier alpha value is -8.41. The van der Waals surface area contributed by atoms with Crippen molar-refractivity contribution in [3.05, 3.63) is 223 Å². The topological polar surface area (TPSA) is 48.5 Å². The lowest BCUT2D eigenvalue weighted by Gasteiger charge is -2.21. The number of benzene rings is 9. The molecule has 3 heterocycles. The Bertz CT molecular complexity index is 3840. The van der Waals surface area contributed by atoms with E-state index in [1.165, 1.54) is 33.2 Å². The van der Waals surface area contributed by atoms with Gasteiger partial charge in [-0.05, 0) is 57.1 Å². The second-order valence-electron chi connectivity index (χ2n) is 17.5. The number of aromatic nitrogens is 5. The van der Waals surface area contributed by atoms with Crippen molar-refractivity contribution in [1.29, 1.82) is 0 Å². The molecule has 0 fully saturated rings. The monoisotopic (exact) mass is 831 g/mol. The molecule has 5 nitrogen and oxygen atoms in total. The van der Waals surface area contributed by atoms with E-state index >= 15 is 0 Å². The van der Waals surface area contributed by atoms with Crippen LogP contribution in [-0.2, 0) is 5.41 Å². The van der Waals surface area contributed by atoms with E-state index in [0.29, 0.717) is 17.6 Å². The first-order valence-electron chi connectivity index (χ1n) is 22.3. The molecule has 5 heteroatoms. The number of hydrogen-bond acceptors (Lipinski definition) is 3. The molecule has 65 heavy (non-hydrogen) atoms. The molecule has 12 aromatic rings. The Balaban J connectivity index is 1.18. The van der Waals surface area contributed by atoms with Crippen molar-refractivity contribution >= 4 is 43.6 Å². The SMILES string of the molecule is CC1(C)c2ccccc2-c2c(-c3nc(-c4ccccc4)nc(-n4c5ccccc5c5ccc6c7ccccc7n(-c7cccc(-c8ccccc8)c7-c7ccccc7)c6c54)n3)cccc21. The van der Waals surface area contributed by atoms with E-state index in [2.05, 4.69) is 217 Å². The van der Waals surface area contributed by atoms with Crippen LogP contribution in [0.3, 0.4) is 0 Å². The van der Waals surface area contributed by atoms with Crippen LogP contribution in [0.1, 0.15) is 25.0 Å². The van der Waals surface area contributed by atoms with Crippen molar-refractivity contribution < 1.29 is 0 Å². The van der Waals surface area contributed by atoms with E-state index in [1.54, 1.807) is 0 Å². The van der Waals surface area contributed by atoms with Gasteiger partial charge in [-0.3, -0.25) is 4.57 Å². The van der Waals surface area contributed by atoms with Gasteiger partial charge in [-0.25, -0.2) is 4.98 Å². The van der Waals surface area contributed by atoms with Crippen LogP contribution in [0.4, 0.5) is 0 Å². The summed E-state index contributed by atoms with van der Waals surface area (Å²) in [6.07, 6.45) is 0. The van der Waals surface area contributed by atoms with Gasteiger partial charge in [0.25, 0.3) is 0 Å². The summed E-state index contributed by atoms with van der Waals surface area (Å²) >= 11 is 0. The van der Waals surface area contributed by atoms with E-state index in [9.17, 15) is 0 Å². The minimum absolute atomic E-state index is 0.178. The molecule has 0 saturated carbocycles. The van der Waals surface area contributed by atoms with Crippen LogP contribution in [0.25, 0.3) is 111 Å². The zero-order valence-corrected chi connectivity index (χ0v) is 35.9. The molecule has 0 spiro atoms. The Kier molecular flexibility index (Phi) is 8.18. The van der Waals surface area contributed by atoms with E-state index in [1.807, 2.05) is 18.2 Å². The average molecular weight is 832 g/mol. The third-order valence-electron chi connectivity index (χ3n) is 13.6. The molecule has 1 aliphatic carbocycles. The normalized spacial score (nSPS) is 12.9. The molecule has 0 unspecified atom stereocenters.